The third kappa shape index (κ3) is 5.21. The molecule has 0 saturated heterocycles. The third-order valence-electron chi connectivity index (χ3n) is 0.586. The molecular formula is C6H11NO. The molecule has 0 unspecified atom stereocenters. The molecule has 0 aromatic carbocycles. The van der Waals surface area contributed by atoms with Crippen LogP contribution in [0.4, 0.5) is 0 Å². The van der Waals surface area contributed by atoms with E-state index in [0.717, 1.165) is 0 Å². The number of nitrogens with zero attached hydrogens (tertiary/aromatic N) is 1. The van der Waals surface area contributed by atoms with Crippen LogP contribution in [0.3, 0.4) is 0 Å². The molecule has 0 aromatic heterocycles. The highest BCUT2D eigenvalue weighted by atomic mass is 16.6. The first-order chi connectivity index (χ1) is 3.91. The Morgan fingerprint density at radius 1 is 1.50 bits per heavy atom. The molecule has 0 amide bonds. The van der Waals surface area contributed by atoms with Crippen molar-refractivity contribution in [2.24, 2.45) is 5.16 Å². The van der Waals surface area contributed by atoms with E-state index >= 15 is 0 Å². The van der Waals surface area contributed by atoms with Gasteiger partial charge in [0, 0.05) is 6.21 Å². The van der Waals surface area contributed by atoms with Gasteiger partial charge >= 0.3 is 0 Å². The highest BCUT2D eigenvalue weighted by molar-refractivity contribution is 5.52. The highest BCUT2D eigenvalue weighted by Gasteiger charge is 1.68. The highest BCUT2D eigenvalue weighted by Crippen LogP contribution is 1.75. The molecule has 46 valence electrons. The van der Waals surface area contributed by atoms with Crippen LogP contribution in [0.15, 0.2) is 17.3 Å². The van der Waals surface area contributed by atoms with Crippen molar-refractivity contribution in [2.45, 2.75) is 13.8 Å². The molecule has 0 fully saturated rings. The monoisotopic (exact) mass is 113 g/mol. The second-order valence-corrected chi connectivity index (χ2v) is 1.23. The second-order valence-electron chi connectivity index (χ2n) is 1.23. The smallest absolute Gasteiger partial charge is 0.135 e. The van der Waals surface area contributed by atoms with Crippen LogP contribution < -0.4 is 0 Å². The summed E-state index contributed by atoms with van der Waals surface area (Å²) < 4.78 is 0. The molecule has 0 aromatic rings. The molecule has 2 nitrogen and oxygen atoms in total. The molecule has 0 radical (unpaired) electrons. The zero-order valence-electron chi connectivity index (χ0n) is 5.29. The van der Waals surface area contributed by atoms with E-state index in [1.54, 1.807) is 6.21 Å². The molecule has 0 bridgehead atoms. The van der Waals surface area contributed by atoms with E-state index in [2.05, 4.69) is 5.16 Å². The third-order valence-corrected chi connectivity index (χ3v) is 0.586. The summed E-state index contributed by atoms with van der Waals surface area (Å²) in [5, 5.41) is 3.53. The molecule has 0 aliphatic heterocycles. The lowest BCUT2D eigenvalue weighted by molar-refractivity contribution is 0.176. The van der Waals surface area contributed by atoms with Crippen LogP contribution in [0.2, 0.25) is 0 Å². The lowest BCUT2D eigenvalue weighted by Crippen LogP contribution is -1.79. The van der Waals surface area contributed by atoms with Crippen LogP contribution in [0, 0.1) is 0 Å². The first kappa shape index (κ1) is 7.21. The topological polar surface area (TPSA) is 21.6 Å². The van der Waals surface area contributed by atoms with Gasteiger partial charge < -0.3 is 4.84 Å². The Morgan fingerprint density at radius 3 is 2.75 bits per heavy atom. The van der Waals surface area contributed by atoms with E-state index in [0.29, 0.717) is 6.61 Å². The summed E-state index contributed by atoms with van der Waals surface area (Å²) >= 11 is 0. The summed E-state index contributed by atoms with van der Waals surface area (Å²) in [7, 11) is 0. The molecule has 0 atom stereocenters. The van der Waals surface area contributed by atoms with E-state index < -0.39 is 0 Å². The standard InChI is InChI=1S/C6H11NO/c1-3-5-6-8-7-4-2/h3-5H,6H2,1-2H3. The number of rotatable bonds is 3. The average Bonchev–Trinajstić information content (AvgIpc) is 1.81. The Hall–Kier alpha value is -0.790. The number of oxime groups is 1. The first-order valence-corrected chi connectivity index (χ1v) is 2.63. The van der Waals surface area contributed by atoms with Gasteiger partial charge in [-0.1, -0.05) is 11.2 Å². The van der Waals surface area contributed by atoms with E-state index in [4.69, 9.17) is 4.84 Å². The average molecular weight is 113 g/mol. The normalized spacial score (nSPS) is 11.2. The van der Waals surface area contributed by atoms with Crippen LogP contribution in [0.1, 0.15) is 13.8 Å². The predicted molar refractivity (Wildman–Crippen MR) is 34.9 cm³/mol. The molecule has 0 rings (SSSR count). The van der Waals surface area contributed by atoms with Crippen molar-refractivity contribution in [3.63, 3.8) is 0 Å². The van der Waals surface area contributed by atoms with Crippen LogP contribution in [-0.4, -0.2) is 12.8 Å². The van der Waals surface area contributed by atoms with Gasteiger partial charge in [0.25, 0.3) is 0 Å². The van der Waals surface area contributed by atoms with Crippen LogP contribution in [-0.2, 0) is 4.84 Å². The van der Waals surface area contributed by atoms with E-state index in [-0.39, 0.29) is 0 Å². The summed E-state index contributed by atoms with van der Waals surface area (Å²) in [6.45, 7) is 4.33. The van der Waals surface area contributed by atoms with Crippen LogP contribution in [0.5, 0.6) is 0 Å². The Morgan fingerprint density at radius 2 is 2.25 bits per heavy atom. The van der Waals surface area contributed by atoms with Crippen LogP contribution >= 0.6 is 0 Å². The van der Waals surface area contributed by atoms with E-state index in [1.807, 2.05) is 26.0 Å². The van der Waals surface area contributed by atoms with Crippen molar-refractivity contribution in [3.8, 4) is 0 Å². The van der Waals surface area contributed by atoms with Gasteiger partial charge in [0.2, 0.25) is 0 Å². The summed E-state index contributed by atoms with van der Waals surface area (Å²) in [5.74, 6) is 0. The van der Waals surface area contributed by atoms with Gasteiger partial charge in [-0.3, -0.25) is 0 Å². The van der Waals surface area contributed by atoms with Crippen LogP contribution in [0.25, 0.3) is 0 Å². The fourth-order valence-corrected chi connectivity index (χ4v) is 0.257. The quantitative estimate of drug-likeness (QED) is 0.236. The zero-order valence-corrected chi connectivity index (χ0v) is 5.29. The zero-order chi connectivity index (χ0) is 6.24. The summed E-state index contributed by atoms with van der Waals surface area (Å²) in [5.41, 5.74) is 0. The summed E-state index contributed by atoms with van der Waals surface area (Å²) in [6.07, 6.45) is 5.43. The van der Waals surface area contributed by atoms with Gasteiger partial charge in [-0.15, -0.1) is 0 Å². The molecule has 0 saturated carbocycles. The molecule has 0 spiro atoms. The van der Waals surface area contributed by atoms with Crippen molar-refractivity contribution in [1.82, 2.24) is 0 Å². The Kier molecular flexibility index (Phi) is 5.60. The first-order valence-electron chi connectivity index (χ1n) is 2.63. The number of hydrogen-bond donors (Lipinski definition) is 0. The minimum Gasteiger partial charge on any atom is -0.392 e. The van der Waals surface area contributed by atoms with Crippen molar-refractivity contribution in [1.29, 1.82) is 0 Å². The fraction of sp³-hybridized carbons (Fsp3) is 0.500. The van der Waals surface area contributed by atoms with E-state index in [1.165, 1.54) is 0 Å². The van der Waals surface area contributed by atoms with Gasteiger partial charge in [0.15, 0.2) is 0 Å². The largest absolute Gasteiger partial charge is 0.392 e. The summed E-state index contributed by atoms with van der Waals surface area (Å²) in [6, 6.07) is 0. The molecule has 0 heterocycles. The van der Waals surface area contributed by atoms with Gasteiger partial charge in [-0.25, -0.2) is 0 Å². The Labute approximate surface area is 49.8 Å². The van der Waals surface area contributed by atoms with Gasteiger partial charge in [-0.05, 0) is 19.9 Å². The summed E-state index contributed by atoms with van der Waals surface area (Å²) in [4.78, 5) is 4.71. The SMILES string of the molecule is CC=CCON=CC. The van der Waals surface area contributed by atoms with Crippen molar-refractivity contribution < 1.29 is 4.84 Å². The minimum absolute atomic E-state index is 0.570. The van der Waals surface area contributed by atoms with Crippen molar-refractivity contribution in [2.75, 3.05) is 6.61 Å². The second kappa shape index (κ2) is 6.21. The Balaban J connectivity index is 2.93. The Bertz CT molecular complexity index is 74.5. The molecule has 0 aliphatic rings. The number of allylic oxidation sites excluding steroid dienone is 1. The molecule has 0 aliphatic carbocycles. The van der Waals surface area contributed by atoms with Gasteiger partial charge in [-0.2, -0.15) is 0 Å². The van der Waals surface area contributed by atoms with Gasteiger partial charge in [0.1, 0.15) is 6.61 Å². The molecule has 2 heteroatoms. The molecular weight excluding hydrogens is 102 g/mol. The van der Waals surface area contributed by atoms with Gasteiger partial charge in [0.05, 0.1) is 0 Å². The maximum Gasteiger partial charge on any atom is 0.135 e. The maximum absolute atomic E-state index is 4.71. The predicted octanol–water partition coefficient (Wildman–Crippen LogP) is 1.58. The van der Waals surface area contributed by atoms with E-state index in [9.17, 15) is 0 Å². The van der Waals surface area contributed by atoms with Crippen molar-refractivity contribution >= 4 is 6.21 Å². The minimum atomic E-state index is 0.570. The fourth-order valence-electron chi connectivity index (χ4n) is 0.257. The maximum atomic E-state index is 4.71. The molecule has 0 N–H and O–H groups in total. The lowest BCUT2D eigenvalue weighted by Gasteiger charge is -1.87. The lowest BCUT2D eigenvalue weighted by atomic mass is 10.6. The number of hydrogen-bond acceptors (Lipinski definition) is 2. The van der Waals surface area contributed by atoms with Crippen molar-refractivity contribution in [3.05, 3.63) is 12.2 Å². The molecule has 8 heavy (non-hydrogen) atoms.